The zero-order chi connectivity index (χ0) is 22.2. The number of benzene rings is 1. The first kappa shape index (κ1) is 21.1. The lowest BCUT2D eigenvalue weighted by Crippen LogP contribution is -2.46. The normalized spacial score (nSPS) is 20.0. The van der Waals surface area contributed by atoms with Crippen LogP contribution >= 0.6 is 0 Å². The number of aryl methyl sites for hydroxylation is 1. The summed E-state index contributed by atoms with van der Waals surface area (Å²) in [7, 11) is 1.94. The maximum atomic E-state index is 13.0. The summed E-state index contributed by atoms with van der Waals surface area (Å²) in [6.07, 6.45) is -1.47. The molecule has 0 saturated carbocycles. The highest BCUT2D eigenvalue weighted by atomic mass is 19.4. The van der Waals surface area contributed by atoms with Gasteiger partial charge in [-0.15, -0.1) is 0 Å². The summed E-state index contributed by atoms with van der Waals surface area (Å²) in [5.41, 5.74) is 1.57. The average molecular weight is 432 g/mol. The highest BCUT2D eigenvalue weighted by molar-refractivity contribution is 5.89. The summed E-state index contributed by atoms with van der Waals surface area (Å²) in [5.74, 6) is 0.589. The Hall–Kier alpha value is -3.14. The molecule has 0 aliphatic carbocycles. The van der Waals surface area contributed by atoms with Crippen LogP contribution in [0.5, 0.6) is 0 Å². The molecule has 10 heteroatoms. The van der Waals surface area contributed by atoms with Crippen molar-refractivity contribution in [3.05, 3.63) is 53.6 Å². The van der Waals surface area contributed by atoms with Gasteiger partial charge in [0, 0.05) is 18.3 Å². The summed E-state index contributed by atoms with van der Waals surface area (Å²) in [6.45, 7) is 2.58. The fourth-order valence-corrected chi connectivity index (χ4v) is 3.79. The molecule has 31 heavy (non-hydrogen) atoms. The fraction of sp³-hybridized carbons (Fsp3) is 0.381. The van der Waals surface area contributed by atoms with E-state index in [0.717, 1.165) is 24.2 Å². The van der Waals surface area contributed by atoms with Crippen LogP contribution in [-0.4, -0.2) is 45.5 Å². The number of aromatic nitrogens is 3. The number of carbonyl (C=O) groups is 1. The Morgan fingerprint density at radius 1 is 1.26 bits per heavy atom. The molecule has 1 saturated heterocycles. The van der Waals surface area contributed by atoms with Gasteiger partial charge in [0.15, 0.2) is 0 Å². The first-order valence-corrected chi connectivity index (χ1v) is 9.96. The van der Waals surface area contributed by atoms with Crippen molar-refractivity contribution in [1.82, 2.24) is 25.2 Å². The van der Waals surface area contributed by atoms with Crippen molar-refractivity contribution < 1.29 is 18.0 Å². The standard InChI is InChI=1S/C21H23F3N6O/c1-12-3-5-15(11-25-12)27-20(31)26-14-7-8-30(2)18(10-14)19-28-16-6-4-13(21(22,23)24)9-17(16)29-19/h3-6,9,11,14,18H,7-8,10H2,1-2H3,(H,28,29)(H2,26,27,31). The van der Waals surface area contributed by atoms with Crippen LogP contribution in [0.25, 0.3) is 11.0 Å². The van der Waals surface area contributed by atoms with Crippen molar-refractivity contribution in [2.24, 2.45) is 0 Å². The molecule has 0 spiro atoms. The molecule has 7 nitrogen and oxygen atoms in total. The Morgan fingerprint density at radius 3 is 2.77 bits per heavy atom. The number of alkyl halides is 3. The van der Waals surface area contributed by atoms with Crippen molar-refractivity contribution in [2.75, 3.05) is 18.9 Å². The van der Waals surface area contributed by atoms with E-state index < -0.39 is 11.7 Å². The summed E-state index contributed by atoms with van der Waals surface area (Å²) in [6, 6.07) is 6.51. The number of aromatic amines is 1. The van der Waals surface area contributed by atoms with Crippen molar-refractivity contribution in [3.63, 3.8) is 0 Å². The lowest BCUT2D eigenvalue weighted by Gasteiger charge is -2.36. The van der Waals surface area contributed by atoms with E-state index in [9.17, 15) is 18.0 Å². The third-order valence-corrected chi connectivity index (χ3v) is 5.52. The SMILES string of the molecule is Cc1ccc(NC(=O)NC2CCN(C)C(c3nc4ccc(C(F)(F)F)cc4[nH]3)C2)cn1. The van der Waals surface area contributed by atoms with Crippen LogP contribution in [0.4, 0.5) is 23.7 Å². The molecule has 3 heterocycles. The van der Waals surface area contributed by atoms with Crippen LogP contribution in [0.2, 0.25) is 0 Å². The number of nitrogens with one attached hydrogen (secondary N) is 3. The molecule has 1 aliphatic heterocycles. The minimum absolute atomic E-state index is 0.0986. The van der Waals surface area contributed by atoms with Crippen molar-refractivity contribution in [1.29, 1.82) is 0 Å². The van der Waals surface area contributed by atoms with E-state index in [-0.39, 0.29) is 18.1 Å². The molecule has 164 valence electrons. The highest BCUT2D eigenvalue weighted by Gasteiger charge is 2.32. The number of halogens is 3. The van der Waals surface area contributed by atoms with Gasteiger partial charge in [-0.25, -0.2) is 9.78 Å². The van der Waals surface area contributed by atoms with E-state index in [1.807, 2.05) is 20.0 Å². The quantitative estimate of drug-likeness (QED) is 0.578. The molecule has 2 atom stereocenters. The van der Waals surface area contributed by atoms with Crippen LogP contribution in [-0.2, 0) is 6.18 Å². The van der Waals surface area contributed by atoms with Gasteiger partial charge < -0.3 is 15.6 Å². The second-order valence-corrected chi connectivity index (χ2v) is 7.86. The molecule has 1 aromatic carbocycles. The zero-order valence-corrected chi connectivity index (χ0v) is 17.1. The third kappa shape index (κ3) is 4.79. The van der Waals surface area contributed by atoms with Crippen LogP contribution in [0, 0.1) is 6.92 Å². The van der Waals surface area contributed by atoms with Crippen LogP contribution in [0.1, 0.15) is 36.0 Å². The number of pyridine rings is 1. The smallest absolute Gasteiger partial charge is 0.341 e. The molecular formula is C21H23F3N6O. The largest absolute Gasteiger partial charge is 0.416 e. The Morgan fingerprint density at radius 2 is 2.06 bits per heavy atom. The van der Waals surface area contributed by atoms with Crippen LogP contribution in [0.3, 0.4) is 0 Å². The molecule has 2 amide bonds. The van der Waals surface area contributed by atoms with Gasteiger partial charge in [-0.2, -0.15) is 13.2 Å². The Kier molecular flexibility index (Phi) is 5.57. The molecule has 1 fully saturated rings. The topological polar surface area (TPSA) is 85.9 Å². The lowest BCUT2D eigenvalue weighted by atomic mass is 9.97. The van der Waals surface area contributed by atoms with Gasteiger partial charge in [0.25, 0.3) is 0 Å². The second-order valence-electron chi connectivity index (χ2n) is 7.86. The maximum Gasteiger partial charge on any atom is 0.416 e. The highest BCUT2D eigenvalue weighted by Crippen LogP contribution is 2.33. The molecule has 0 radical (unpaired) electrons. The minimum Gasteiger partial charge on any atom is -0.341 e. The number of carbonyl (C=O) groups excluding carboxylic acids is 1. The van der Waals surface area contributed by atoms with E-state index in [1.165, 1.54) is 6.07 Å². The summed E-state index contributed by atoms with van der Waals surface area (Å²) in [4.78, 5) is 26.1. The average Bonchev–Trinajstić information content (AvgIpc) is 3.13. The van der Waals surface area contributed by atoms with E-state index in [2.05, 4.69) is 30.5 Å². The van der Waals surface area contributed by atoms with Gasteiger partial charge >= 0.3 is 12.2 Å². The number of anilines is 1. The maximum absolute atomic E-state index is 13.0. The van der Waals surface area contributed by atoms with Gasteiger partial charge in [0.2, 0.25) is 0 Å². The summed E-state index contributed by atoms with van der Waals surface area (Å²) < 4.78 is 39.0. The molecule has 0 bridgehead atoms. The number of nitrogens with zero attached hydrogens (tertiary/aromatic N) is 3. The number of amides is 2. The Balaban J connectivity index is 1.46. The first-order valence-electron chi connectivity index (χ1n) is 9.96. The number of rotatable bonds is 3. The van der Waals surface area contributed by atoms with Gasteiger partial charge in [-0.1, -0.05) is 0 Å². The second kappa shape index (κ2) is 8.18. The predicted molar refractivity (Wildman–Crippen MR) is 111 cm³/mol. The fourth-order valence-electron chi connectivity index (χ4n) is 3.79. The first-order chi connectivity index (χ1) is 14.7. The number of piperidine rings is 1. The number of fused-ring (bicyclic) bond motifs is 1. The number of hydrogen-bond acceptors (Lipinski definition) is 4. The van der Waals surface area contributed by atoms with E-state index in [0.29, 0.717) is 35.5 Å². The molecular weight excluding hydrogens is 409 g/mol. The van der Waals surface area contributed by atoms with E-state index in [1.54, 1.807) is 12.3 Å². The Labute approximate surface area is 177 Å². The molecule has 1 aliphatic rings. The lowest BCUT2D eigenvalue weighted by molar-refractivity contribution is -0.137. The van der Waals surface area contributed by atoms with Crippen molar-refractivity contribution in [3.8, 4) is 0 Å². The van der Waals surface area contributed by atoms with Crippen LogP contribution in [0.15, 0.2) is 36.5 Å². The number of hydrogen-bond donors (Lipinski definition) is 3. The summed E-state index contributed by atoms with van der Waals surface area (Å²) in [5, 5.41) is 5.74. The van der Waals surface area contributed by atoms with E-state index in [4.69, 9.17) is 0 Å². The molecule has 3 N–H and O–H groups in total. The van der Waals surface area contributed by atoms with Crippen molar-refractivity contribution in [2.45, 2.75) is 38.0 Å². The molecule has 2 unspecified atom stereocenters. The van der Waals surface area contributed by atoms with Gasteiger partial charge in [-0.3, -0.25) is 9.88 Å². The Bertz CT molecular complexity index is 1080. The van der Waals surface area contributed by atoms with Crippen molar-refractivity contribution >= 4 is 22.8 Å². The third-order valence-electron chi connectivity index (χ3n) is 5.52. The van der Waals surface area contributed by atoms with Gasteiger partial charge in [0.1, 0.15) is 5.82 Å². The number of H-pyrrole nitrogens is 1. The monoisotopic (exact) mass is 432 g/mol. The minimum atomic E-state index is -4.41. The summed E-state index contributed by atoms with van der Waals surface area (Å²) >= 11 is 0. The molecule has 2 aromatic heterocycles. The van der Waals surface area contributed by atoms with Gasteiger partial charge in [0.05, 0.1) is 34.5 Å². The van der Waals surface area contributed by atoms with Gasteiger partial charge in [-0.05, 0) is 57.1 Å². The number of likely N-dealkylation sites (tertiary alicyclic amines) is 1. The number of imidazole rings is 1. The van der Waals surface area contributed by atoms with Crippen LogP contribution < -0.4 is 10.6 Å². The van der Waals surface area contributed by atoms with E-state index >= 15 is 0 Å². The molecule has 4 rings (SSSR count). The zero-order valence-electron chi connectivity index (χ0n) is 17.1. The predicted octanol–water partition coefficient (Wildman–Crippen LogP) is 4.24. The molecule has 3 aromatic rings. The number of urea groups is 1.